The van der Waals surface area contributed by atoms with Crippen molar-refractivity contribution in [2.45, 2.75) is 6.92 Å². The summed E-state index contributed by atoms with van der Waals surface area (Å²) in [5, 5.41) is 0.196. The predicted octanol–water partition coefficient (Wildman–Crippen LogP) is 2.61. The molecule has 0 atom stereocenters. The third-order valence-corrected chi connectivity index (χ3v) is 2.81. The Morgan fingerprint density at radius 2 is 2.15 bits per heavy atom. The van der Waals surface area contributed by atoms with Crippen LogP contribution in [-0.2, 0) is 0 Å². The molecule has 3 heterocycles. The van der Waals surface area contributed by atoms with Gasteiger partial charge in [-0.2, -0.15) is 9.97 Å². The van der Waals surface area contributed by atoms with Gasteiger partial charge in [-0.05, 0) is 13.0 Å². The number of fused-ring (bicyclic) bond motifs is 1. The van der Waals surface area contributed by atoms with E-state index in [1.54, 1.807) is 0 Å². The van der Waals surface area contributed by atoms with E-state index in [4.69, 9.17) is 16.3 Å². The molecular formula is C12H9ClFN5O. The molecule has 8 heteroatoms. The first-order valence-corrected chi connectivity index (χ1v) is 6.22. The number of pyridine rings is 1. The van der Waals surface area contributed by atoms with Gasteiger partial charge in [0, 0.05) is 11.8 Å². The number of nitrogens with zero attached hydrogens (tertiary/aromatic N) is 4. The van der Waals surface area contributed by atoms with Crippen molar-refractivity contribution < 1.29 is 9.13 Å². The van der Waals surface area contributed by atoms with Crippen molar-refractivity contribution in [1.82, 2.24) is 24.9 Å². The molecule has 0 aromatic carbocycles. The zero-order valence-corrected chi connectivity index (χ0v) is 11.1. The van der Waals surface area contributed by atoms with Gasteiger partial charge < -0.3 is 9.72 Å². The van der Waals surface area contributed by atoms with Crippen LogP contribution < -0.4 is 4.74 Å². The highest BCUT2D eigenvalue weighted by molar-refractivity contribution is 6.33. The van der Waals surface area contributed by atoms with Crippen LogP contribution in [0.25, 0.3) is 22.6 Å². The quantitative estimate of drug-likeness (QED) is 0.751. The van der Waals surface area contributed by atoms with Crippen LogP contribution in [0.1, 0.15) is 6.92 Å². The maximum absolute atomic E-state index is 13.2. The number of aromatic nitrogens is 5. The second kappa shape index (κ2) is 5.01. The van der Waals surface area contributed by atoms with E-state index in [0.717, 1.165) is 6.20 Å². The molecule has 0 unspecified atom stereocenters. The van der Waals surface area contributed by atoms with Gasteiger partial charge in [0.2, 0.25) is 0 Å². The third-order valence-electron chi connectivity index (χ3n) is 2.54. The normalized spacial score (nSPS) is 10.9. The molecule has 0 amide bonds. The molecule has 0 aliphatic rings. The van der Waals surface area contributed by atoms with Gasteiger partial charge in [-0.3, -0.25) is 4.98 Å². The largest absolute Gasteiger partial charge is 0.464 e. The second-order valence-electron chi connectivity index (χ2n) is 3.91. The first-order chi connectivity index (χ1) is 9.67. The van der Waals surface area contributed by atoms with Gasteiger partial charge in [-0.15, -0.1) is 0 Å². The lowest BCUT2D eigenvalue weighted by Gasteiger charge is -1.99. The summed E-state index contributed by atoms with van der Waals surface area (Å²) in [6, 6.07) is 1.47. The molecule has 3 aromatic heterocycles. The number of aromatic amines is 1. The minimum absolute atomic E-state index is 0.153. The summed E-state index contributed by atoms with van der Waals surface area (Å²) < 4.78 is 18.4. The van der Waals surface area contributed by atoms with Gasteiger partial charge in [0.25, 0.3) is 0 Å². The van der Waals surface area contributed by atoms with E-state index < -0.39 is 5.82 Å². The van der Waals surface area contributed by atoms with Gasteiger partial charge >= 0.3 is 6.01 Å². The molecule has 0 saturated carbocycles. The van der Waals surface area contributed by atoms with Crippen LogP contribution >= 0.6 is 11.6 Å². The fraction of sp³-hybridized carbons (Fsp3) is 0.167. The van der Waals surface area contributed by atoms with Crippen LogP contribution in [-0.4, -0.2) is 31.5 Å². The Bertz CT molecular complexity index is 776. The number of ether oxygens (including phenoxy) is 1. The lowest BCUT2D eigenvalue weighted by atomic mass is 10.3. The first-order valence-electron chi connectivity index (χ1n) is 5.84. The first kappa shape index (κ1) is 12.7. The molecule has 20 heavy (non-hydrogen) atoms. The minimum atomic E-state index is -0.449. The van der Waals surface area contributed by atoms with Crippen LogP contribution in [0.15, 0.2) is 18.5 Å². The van der Waals surface area contributed by atoms with Gasteiger partial charge in [0.05, 0.1) is 12.8 Å². The number of imidazole rings is 1. The smallest absolute Gasteiger partial charge is 0.320 e. The molecule has 0 aliphatic carbocycles. The molecule has 0 fully saturated rings. The van der Waals surface area contributed by atoms with Crippen LogP contribution in [0.5, 0.6) is 6.01 Å². The molecule has 0 radical (unpaired) electrons. The van der Waals surface area contributed by atoms with Gasteiger partial charge in [0.1, 0.15) is 17.2 Å². The Labute approximate surface area is 118 Å². The maximum Gasteiger partial charge on any atom is 0.320 e. The van der Waals surface area contributed by atoms with Crippen molar-refractivity contribution in [3.05, 3.63) is 29.4 Å². The average Bonchev–Trinajstić information content (AvgIpc) is 2.84. The van der Waals surface area contributed by atoms with Crippen LogP contribution in [0.4, 0.5) is 4.39 Å². The highest BCUT2D eigenvalue weighted by atomic mass is 35.5. The Morgan fingerprint density at radius 1 is 1.30 bits per heavy atom. The highest BCUT2D eigenvalue weighted by Crippen LogP contribution is 2.25. The standard InChI is InChI=1S/C12H9ClFN5O/c1-2-20-12-17-9(13)8-11(19-12)18-10(16-8)6-3-7(14)5-15-4-6/h3-5H,2H2,1H3,(H,16,17,18,19). The molecule has 0 spiro atoms. The van der Waals surface area contributed by atoms with Crippen LogP contribution in [0.2, 0.25) is 5.15 Å². The summed E-state index contributed by atoms with van der Waals surface area (Å²) in [6.07, 6.45) is 2.61. The van der Waals surface area contributed by atoms with Gasteiger partial charge in [-0.1, -0.05) is 11.6 Å². The molecular weight excluding hydrogens is 285 g/mol. The summed E-state index contributed by atoms with van der Waals surface area (Å²) in [7, 11) is 0. The van der Waals surface area contributed by atoms with E-state index in [2.05, 4.69) is 24.9 Å². The van der Waals surface area contributed by atoms with Crippen LogP contribution in [0, 0.1) is 5.82 Å². The van der Waals surface area contributed by atoms with Gasteiger partial charge in [-0.25, -0.2) is 9.37 Å². The molecule has 6 nitrogen and oxygen atoms in total. The number of H-pyrrole nitrogens is 1. The van der Waals surface area contributed by atoms with Crippen molar-refractivity contribution in [3.63, 3.8) is 0 Å². The van der Waals surface area contributed by atoms with Crippen molar-refractivity contribution in [1.29, 1.82) is 0 Å². The van der Waals surface area contributed by atoms with Gasteiger partial charge in [0.15, 0.2) is 10.8 Å². The minimum Gasteiger partial charge on any atom is -0.464 e. The number of halogens is 2. The zero-order valence-electron chi connectivity index (χ0n) is 10.4. The Morgan fingerprint density at radius 3 is 2.90 bits per heavy atom. The molecule has 3 rings (SSSR count). The van der Waals surface area contributed by atoms with E-state index in [1.807, 2.05) is 6.92 Å². The number of nitrogens with one attached hydrogen (secondary N) is 1. The topological polar surface area (TPSA) is 76.6 Å². The maximum atomic E-state index is 13.2. The van der Waals surface area contributed by atoms with Crippen molar-refractivity contribution in [3.8, 4) is 17.4 Å². The molecule has 102 valence electrons. The van der Waals surface area contributed by atoms with E-state index in [1.165, 1.54) is 12.3 Å². The molecule has 0 bridgehead atoms. The van der Waals surface area contributed by atoms with E-state index in [-0.39, 0.29) is 11.2 Å². The SMILES string of the molecule is CCOc1nc(Cl)c2[nH]c(-c3cncc(F)c3)nc2n1. The fourth-order valence-corrected chi connectivity index (χ4v) is 1.92. The third kappa shape index (κ3) is 2.27. The number of hydrogen-bond acceptors (Lipinski definition) is 5. The summed E-state index contributed by atoms with van der Waals surface area (Å²) in [5.41, 5.74) is 1.32. The second-order valence-corrected chi connectivity index (χ2v) is 4.26. The van der Waals surface area contributed by atoms with Crippen molar-refractivity contribution >= 4 is 22.8 Å². The van der Waals surface area contributed by atoms with E-state index in [9.17, 15) is 4.39 Å². The van der Waals surface area contributed by atoms with Crippen LogP contribution in [0.3, 0.4) is 0 Å². The summed E-state index contributed by atoms with van der Waals surface area (Å²) in [4.78, 5) is 19.1. The molecule has 0 aliphatic heterocycles. The molecule has 1 N–H and O–H groups in total. The number of hydrogen-bond donors (Lipinski definition) is 1. The average molecular weight is 294 g/mol. The Balaban J connectivity index is 2.13. The lowest BCUT2D eigenvalue weighted by molar-refractivity contribution is 0.314. The summed E-state index contributed by atoms with van der Waals surface area (Å²) in [5.74, 6) is -0.0352. The summed E-state index contributed by atoms with van der Waals surface area (Å²) >= 11 is 6.04. The fourth-order valence-electron chi connectivity index (χ4n) is 1.72. The molecule has 3 aromatic rings. The highest BCUT2D eigenvalue weighted by Gasteiger charge is 2.13. The lowest BCUT2D eigenvalue weighted by Crippen LogP contribution is -1.97. The van der Waals surface area contributed by atoms with Crippen molar-refractivity contribution in [2.75, 3.05) is 6.61 Å². The van der Waals surface area contributed by atoms with E-state index in [0.29, 0.717) is 29.2 Å². The van der Waals surface area contributed by atoms with Crippen molar-refractivity contribution in [2.24, 2.45) is 0 Å². The zero-order chi connectivity index (χ0) is 14.1. The Hall–Kier alpha value is -2.28. The number of rotatable bonds is 3. The molecule has 0 saturated heterocycles. The summed E-state index contributed by atoms with van der Waals surface area (Å²) in [6.45, 7) is 2.24. The monoisotopic (exact) mass is 293 g/mol. The van der Waals surface area contributed by atoms with E-state index >= 15 is 0 Å². The predicted molar refractivity (Wildman–Crippen MR) is 71.1 cm³/mol. The Kier molecular flexibility index (Phi) is 3.19.